The van der Waals surface area contributed by atoms with Crippen molar-refractivity contribution in [2.24, 2.45) is 0 Å². The molecule has 96 valence electrons. The second kappa shape index (κ2) is 5.51. The largest absolute Gasteiger partial charge is 0.207 e. The highest BCUT2D eigenvalue weighted by molar-refractivity contribution is 7.20. The van der Waals surface area contributed by atoms with E-state index in [4.69, 9.17) is 46.4 Å². The Hall–Kier alpha value is -0.0600. The molecule has 1 unspecified atom stereocenters. The molecule has 0 amide bonds. The van der Waals surface area contributed by atoms with E-state index in [2.05, 4.69) is 0 Å². The quantitative estimate of drug-likeness (QED) is 0.440. The van der Waals surface area contributed by atoms with Gasteiger partial charge in [0.05, 0.1) is 19.1 Å². The predicted octanol–water partition coefficient (Wildman–Crippen LogP) is 6.31. The normalized spacial score (nSPS) is 12.8. The second-order valence-corrected chi connectivity index (χ2v) is 6.56. The summed E-state index contributed by atoms with van der Waals surface area (Å²) < 4.78 is 27.8. The van der Waals surface area contributed by atoms with E-state index in [0.717, 1.165) is 23.5 Å². The fourth-order valence-corrected chi connectivity index (χ4v) is 3.57. The zero-order chi connectivity index (χ0) is 13.4. The van der Waals surface area contributed by atoms with E-state index < -0.39 is 17.0 Å². The monoisotopic (exact) mass is 346 g/mol. The van der Waals surface area contributed by atoms with E-state index in [9.17, 15) is 8.78 Å². The second-order valence-electron chi connectivity index (χ2n) is 3.43. The topological polar surface area (TPSA) is 0 Å². The minimum atomic E-state index is -0.923. The molecule has 0 saturated heterocycles. The molecule has 0 aliphatic heterocycles. The molecule has 1 atom stereocenters. The molecular formula is C11H4Cl4F2S. The molecule has 7 heteroatoms. The van der Waals surface area contributed by atoms with E-state index in [-0.39, 0.29) is 10.6 Å². The van der Waals surface area contributed by atoms with Crippen LogP contribution in [0.4, 0.5) is 8.78 Å². The van der Waals surface area contributed by atoms with Crippen LogP contribution in [0.2, 0.25) is 13.7 Å². The van der Waals surface area contributed by atoms with Crippen LogP contribution in [0.5, 0.6) is 0 Å². The number of benzene rings is 1. The van der Waals surface area contributed by atoms with Crippen LogP contribution in [0.1, 0.15) is 16.5 Å². The molecule has 0 bridgehead atoms. The third kappa shape index (κ3) is 2.75. The van der Waals surface area contributed by atoms with E-state index in [0.29, 0.717) is 14.2 Å². The van der Waals surface area contributed by atoms with Gasteiger partial charge in [-0.3, -0.25) is 0 Å². The average Bonchev–Trinajstić information content (AvgIpc) is 2.62. The Bertz CT molecular complexity index is 597. The number of hydrogen-bond donors (Lipinski definition) is 0. The molecule has 18 heavy (non-hydrogen) atoms. The maximum atomic E-state index is 13.7. The van der Waals surface area contributed by atoms with Gasteiger partial charge in [0.25, 0.3) is 0 Å². The van der Waals surface area contributed by atoms with Crippen molar-refractivity contribution < 1.29 is 8.78 Å². The molecule has 0 fully saturated rings. The van der Waals surface area contributed by atoms with E-state index >= 15 is 0 Å². The van der Waals surface area contributed by atoms with Crippen molar-refractivity contribution in [1.29, 1.82) is 0 Å². The van der Waals surface area contributed by atoms with Gasteiger partial charge < -0.3 is 0 Å². The van der Waals surface area contributed by atoms with Gasteiger partial charge in [0.15, 0.2) is 0 Å². The van der Waals surface area contributed by atoms with Gasteiger partial charge in [-0.2, -0.15) is 0 Å². The van der Waals surface area contributed by atoms with Gasteiger partial charge in [0.2, 0.25) is 0 Å². The minimum Gasteiger partial charge on any atom is -0.207 e. The van der Waals surface area contributed by atoms with Crippen molar-refractivity contribution in [3.05, 3.63) is 54.7 Å². The summed E-state index contributed by atoms with van der Waals surface area (Å²) >= 11 is 24.4. The van der Waals surface area contributed by atoms with Gasteiger partial charge in [-0.15, -0.1) is 22.9 Å². The van der Waals surface area contributed by atoms with Crippen molar-refractivity contribution in [1.82, 2.24) is 0 Å². The highest BCUT2D eigenvalue weighted by Crippen LogP contribution is 2.41. The molecule has 1 aromatic heterocycles. The number of rotatable bonds is 2. The highest BCUT2D eigenvalue weighted by atomic mass is 35.5. The van der Waals surface area contributed by atoms with Crippen LogP contribution < -0.4 is 0 Å². The fraction of sp³-hybridized carbons (Fsp3) is 0.0909. The molecular weight excluding hydrogens is 344 g/mol. The SMILES string of the molecule is Fc1cc(C(Cl)c2cc(Cl)sc2Cl)c(F)cc1Cl. The van der Waals surface area contributed by atoms with Gasteiger partial charge in [-0.1, -0.05) is 34.8 Å². The van der Waals surface area contributed by atoms with Crippen LogP contribution in [0, 0.1) is 11.6 Å². The Balaban J connectivity index is 2.49. The maximum absolute atomic E-state index is 13.7. The van der Waals surface area contributed by atoms with Crippen molar-refractivity contribution in [2.75, 3.05) is 0 Å². The Morgan fingerprint density at radius 2 is 1.61 bits per heavy atom. The van der Waals surface area contributed by atoms with E-state index in [1.165, 1.54) is 6.07 Å². The van der Waals surface area contributed by atoms with Crippen LogP contribution in [-0.4, -0.2) is 0 Å². The molecule has 0 aliphatic rings. The third-order valence-corrected chi connectivity index (χ3v) is 4.55. The summed E-state index contributed by atoms with van der Waals surface area (Å²) in [4.78, 5) is 0. The molecule has 1 aromatic carbocycles. The molecule has 1 heterocycles. The molecule has 0 radical (unpaired) electrons. The Labute approximate surface area is 126 Å². The van der Waals surface area contributed by atoms with Crippen LogP contribution in [0.25, 0.3) is 0 Å². The summed E-state index contributed by atoms with van der Waals surface area (Å²) in [6, 6.07) is 3.36. The zero-order valence-electron chi connectivity index (χ0n) is 8.49. The van der Waals surface area contributed by atoms with Gasteiger partial charge in [-0.25, -0.2) is 8.78 Å². The Kier molecular flexibility index (Phi) is 4.40. The van der Waals surface area contributed by atoms with Crippen LogP contribution >= 0.6 is 57.7 Å². The van der Waals surface area contributed by atoms with Gasteiger partial charge >= 0.3 is 0 Å². The lowest BCUT2D eigenvalue weighted by Gasteiger charge is -2.11. The number of thiophene rings is 1. The summed E-state index contributed by atoms with van der Waals surface area (Å²) in [7, 11) is 0. The van der Waals surface area contributed by atoms with E-state index in [1.54, 1.807) is 0 Å². The summed E-state index contributed by atoms with van der Waals surface area (Å²) in [5.74, 6) is -1.43. The standard InChI is InChI=1S/C11H4Cl4F2S/c12-6-3-7(16)4(1-8(6)17)10(14)5-2-9(13)18-11(5)15/h1-3,10H. The summed E-state index contributed by atoms with van der Waals surface area (Å²) in [6.45, 7) is 0. The zero-order valence-corrected chi connectivity index (χ0v) is 12.3. The van der Waals surface area contributed by atoms with Crippen molar-refractivity contribution in [3.63, 3.8) is 0 Å². The lowest BCUT2D eigenvalue weighted by atomic mass is 10.1. The first-order valence-corrected chi connectivity index (χ1v) is 7.02. The first-order chi connectivity index (χ1) is 8.40. The smallest absolute Gasteiger partial charge is 0.142 e. The molecule has 0 N–H and O–H groups in total. The fourth-order valence-electron chi connectivity index (χ4n) is 1.43. The van der Waals surface area contributed by atoms with Crippen molar-refractivity contribution in [2.45, 2.75) is 5.38 Å². The first kappa shape index (κ1) is 14.4. The summed E-state index contributed by atoms with van der Waals surface area (Å²) in [6.07, 6.45) is 0. The van der Waals surface area contributed by atoms with Crippen molar-refractivity contribution in [3.8, 4) is 0 Å². The molecule has 2 aromatic rings. The van der Waals surface area contributed by atoms with Gasteiger partial charge in [0, 0.05) is 11.1 Å². The summed E-state index contributed by atoms with van der Waals surface area (Å²) in [5.41, 5.74) is 0.406. The molecule has 0 aliphatic carbocycles. The maximum Gasteiger partial charge on any atom is 0.142 e. The number of alkyl halides is 1. The van der Waals surface area contributed by atoms with Crippen molar-refractivity contribution >= 4 is 57.7 Å². The molecule has 0 saturated carbocycles. The molecule has 0 spiro atoms. The Morgan fingerprint density at radius 1 is 0.944 bits per heavy atom. The third-order valence-electron chi connectivity index (χ3n) is 2.27. The first-order valence-electron chi connectivity index (χ1n) is 4.63. The molecule has 2 rings (SSSR count). The minimum absolute atomic E-state index is 0.0325. The average molecular weight is 348 g/mol. The van der Waals surface area contributed by atoms with Gasteiger partial charge in [0.1, 0.15) is 11.6 Å². The summed E-state index contributed by atoms with van der Waals surface area (Å²) in [5, 5.41) is -1.22. The lowest BCUT2D eigenvalue weighted by molar-refractivity contribution is 0.587. The van der Waals surface area contributed by atoms with Gasteiger partial charge in [-0.05, 0) is 18.2 Å². The van der Waals surface area contributed by atoms with Crippen LogP contribution in [0.15, 0.2) is 18.2 Å². The Morgan fingerprint density at radius 3 is 2.17 bits per heavy atom. The van der Waals surface area contributed by atoms with E-state index in [1.807, 2.05) is 0 Å². The number of hydrogen-bond acceptors (Lipinski definition) is 1. The predicted molar refractivity (Wildman–Crippen MR) is 73.4 cm³/mol. The molecule has 0 nitrogen and oxygen atoms in total. The van der Waals surface area contributed by atoms with Crippen LogP contribution in [-0.2, 0) is 0 Å². The lowest BCUT2D eigenvalue weighted by Crippen LogP contribution is -1.98. The number of halogens is 6. The van der Waals surface area contributed by atoms with Crippen LogP contribution in [0.3, 0.4) is 0 Å². The highest BCUT2D eigenvalue weighted by Gasteiger charge is 2.22.